The standard InChI is InChI=1S/C21H20N4O3/c1-25-17-7-6-14(21(8-9-21)20(27)28)11-15(17)24-16(19(25)26)10-12-2-4-13(5-3-12)18(22)23/h2-7,11H,8-10H2,1H3,(H3,22,23)(H,27,28). The lowest BCUT2D eigenvalue weighted by Gasteiger charge is -2.13. The smallest absolute Gasteiger partial charge is 0.314 e. The molecule has 0 saturated heterocycles. The molecule has 0 spiro atoms. The highest BCUT2D eigenvalue weighted by Crippen LogP contribution is 2.48. The van der Waals surface area contributed by atoms with Crippen molar-refractivity contribution in [2.45, 2.75) is 24.7 Å². The zero-order valence-corrected chi connectivity index (χ0v) is 15.4. The Morgan fingerprint density at radius 3 is 2.50 bits per heavy atom. The number of nitrogens with two attached hydrogens (primary N) is 1. The fraction of sp³-hybridized carbons (Fsp3) is 0.238. The molecule has 4 N–H and O–H groups in total. The molecule has 1 aliphatic rings. The molecule has 0 atom stereocenters. The predicted octanol–water partition coefficient (Wildman–Crippen LogP) is 1.92. The molecule has 28 heavy (non-hydrogen) atoms. The Hall–Kier alpha value is -3.48. The third kappa shape index (κ3) is 2.85. The molecule has 1 aliphatic carbocycles. The minimum absolute atomic E-state index is 0.00809. The summed E-state index contributed by atoms with van der Waals surface area (Å²) in [5, 5.41) is 17.0. The highest BCUT2D eigenvalue weighted by molar-refractivity contribution is 5.94. The van der Waals surface area contributed by atoms with Gasteiger partial charge in [-0.25, -0.2) is 4.98 Å². The first-order valence-electron chi connectivity index (χ1n) is 8.99. The summed E-state index contributed by atoms with van der Waals surface area (Å²) in [6.07, 6.45) is 1.58. The van der Waals surface area contributed by atoms with E-state index < -0.39 is 11.4 Å². The number of aliphatic carboxylic acids is 1. The van der Waals surface area contributed by atoms with Gasteiger partial charge in [0.05, 0.1) is 16.4 Å². The van der Waals surface area contributed by atoms with Crippen LogP contribution in [0.3, 0.4) is 0 Å². The van der Waals surface area contributed by atoms with E-state index in [0.29, 0.717) is 41.6 Å². The normalized spacial score (nSPS) is 14.8. The lowest BCUT2D eigenvalue weighted by atomic mass is 9.95. The van der Waals surface area contributed by atoms with Crippen molar-refractivity contribution in [3.63, 3.8) is 0 Å². The van der Waals surface area contributed by atoms with Gasteiger partial charge in [0.1, 0.15) is 11.5 Å². The highest BCUT2D eigenvalue weighted by Gasteiger charge is 2.51. The fourth-order valence-electron chi connectivity index (χ4n) is 3.55. The van der Waals surface area contributed by atoms with E-state index in [4.69, 9.17) is 11.1 Å². The van der Waals surface area contributed by atoms with Crippen LogP contribution in [0.1, 0.15) is 35.2 Å². The molecule has 0 radical (unpaired) electrons. The summed E-state index contributed by atoms with van der Waals surface area (Å²) in [6.45, 7) is 0. The molecule has 1 heterocycles. The van der Waals surface area contributed by atoms with Crippen LogP contribution in [0.4, 0.5) is 0 Å². The summed E-state index contributed by atoms with van der Waals surface area (Å²) in [7, 11) is 1.69. The van der Waals surface area contributed by atoms with Crippen molar-refractivity contribution in [1.82, 2.24) is 9.55 Å². The molecule has 1 saturated carbocycles. The number of nitrogens with zero attached hydrogens (tertiary/aromatic N) is 2. The van der Waals surface area contributed by atoms with Gasteiger partial charge in [0.25, 0.3) is 5.56 Å². The van der Waals surface area contributed by atoms with Crippen molar-refractivity contribution >= 4 is 22.8 Å². The molecule has 1 aromatic heterocycles. The van der Waals surface area contributed by atoms with Gasteiger partial charge in [0.15, 0.2) is 0 Å². The summed E-state index contributed by atoms with van der Waals surface area (Å²) in [5.41, 5.74) is 8.39. The third-order valence-corrected chi connectivity index (χ3v) is 5.49. The molecule has 0 aliphatic heterocycles. The number of rotatable bonds is 5. The van der Waals surface area contributed by atoms with E-state index in [-0.39, 0.29) is 11.4 Å². The van der Waals surface area contributed by atoms with Crippen LogP contribution in [0.5, 0.6) is 0 Å². The first kappa shape index (κ1) is 17.9. The van der Waals surface area contributed by atoms with E-state index in [1.165, 1.54) is 0 Å². The van der Waals surface area contributed by atoms with Crippen LogP contribution < -0.4 is 11.3 Å². The number of carboxylic acid groups (broad SMARTS) is 1. The van der Waals surface area contributed by atoms with E-state index in [9.17, 15) is 14.7 Å². The first-order chi connectivity index (χ1) is 13.3. The number of carboxylic acids is 1. The molecule has 7 nitrogen and oxygen atoms in total. The van der Waals surface area contributed by atoms with Crippen LogP contribution in [0.2, 0.25) is 0 Å². The van der Waals surface area contributed by atoms with Gasteiger partial charge in [-0.15, -0.1) is 0 Å². The minimum atomic E-state index is -0.817. The van der Waals surface area contributed by atoms with Crippen molar-refractivity contribution in [3.05, 3.63) is 75.2 Å². The second-order valence-corrected chi connectivity index (χ2v) is 7.30. The van der Waals surface area contributed by atoms with Gasteiger partial charge in [0.2, 0.25) is 0 Å². The second-order valence-electron chi connectivity index (χ2n) is 7.30. The lowest BCUT2D eigenvalue weighted by Crippen LogP contribution is -2.24. The van der Waals surface area contributed by atoms with Gasteiger partial charge in [-0.05, 0) is 36.1 Å². The molecule has 7 heteroatoms. The molecule has 0 amide bonds. The SMILES string of the molecule is Cn1c(=O)c(Cc2ccc(C(=N)N)cc2)nc2cc(C3(C(=O)O)CC3)ccc21. The molecule has 4 rings (SSSR count). The highest BCUT2D eigenvalue weighted by atomic mass is 16.4. The molecular formula is C21H20N4O3. The maximum atomic E-state index is 12.7. The summed E-state index contributed by atoms with van der Waals surface area (Å²) < 4.78 is 1.55. The second kappa shape index (κ2) is 6.30. The number of carbonyl (C=O) groups is 1. The number of fused-ring (bicyclic) bond motifs is 1. The van der Waals surface area contributed by atoms with Gasteiger partial charge in [-0.3, -0.25) is 15.0 Å². The zero-order valence-electron chi connectivity index (χ0n) is 15.4. The number of hydrogen-bond donors (Lipinski definition) is 3. The van der Waals surface area contributed by atoms with Gasteiger partial charge in [0, 0.05) is 19.0 Å². The van der Waals surface area contributed by atoms with E-state index in [0.717, 1.165) is 11.1 Å². The molecule has 0 unspecified atom stereocenters. The summed E-state index contributed by atoms with van der Waals surface area (Å²) in [4.78, 5) is 28.9. The number of benzene rings is 2. The first-order valence-corrected chi connectivity index (χ1v) is 8.99. The van der Waals surface area contributed by atoms with Crippen molar-refractivity contribution in [2.75, 3.05) is 0 Å². The van der Waals surface area contributed by atoms with Crippen LogP contribution in [0.15, 0.2) is 47.3 Å². The number of hydrogen-bond acceptors (Lipinski definition) is 4. The van der Waals surface area contributed by atoms with E-state index in [1.807, 2.05) is 12.1 Å². The Morgan fingerprint density at radius 2 is 1.93 bits per heavy atom. The summed E-state index contributed by atoms with van der Waals surface area (Å²) in [5.74, 6) is -0.825. The Bertz CT molecular complexity index is 1170. The van der Waals surface area contributed by atoms with Crippen LogP contribution in [0.25, 0.3) is 11.0 Å². The fourth-order valence-corrected chi connectivity index (χ4v) is 3.55. The van der Waals surface area contributed by atoms with E-state index in [1.54, 1.807) is 41.9 Å². The topological polar surface area (TPSA) is 122 Å². The van der Waals surface area contributed by atoms with Gasteiger partial charge in [-0.2, -0.15) is 0 Å². The van der Waals surface area contributed by atoms with Crippen molar-refractivity contribution in [2.24, 2.45) is 12.8 Å². The van der Waals surface area contributed by atoms with Crippen molar-refractivity contribution in [1.29, 1.82) is 5.41 Å². The Kier molecular flexibility index (Phi) is 4.03. The molecule has 2 aromatic carbocycles. The summed E-state index contributed by atoms with van der Waals surface area (Å²) >= 11 is 0. The predicted molar refractivity (Wildman–Crippen MR) is 106 cm³/mol. The molecular weight excluding hydrogens is 356 g/mol. The Balaban J connectivity index is 1.76. The molecule has 1 fully saturated rings. The van der Waals surface area contributed by atoms with Crippen molar-refractivity contribution in [3.8, 4) is 0 Å². The monoisotopic (exact) mass is 376 g/mol. The quantitative estimate of drug-likeness (QED) is 0.464. The maximum absolute atomic E-state index is 12.7. The van der Waals surface area contributed by atoms with E-state index >= 15 is 0 Å². The summed E-state index contributed by atoms with van der Waals surface area (Å²) in [6, 6.07) is 12.5. The van der Waals surface area contributed by atoms with Crippen LogP contribution >= 0.6 is 0 Å². The maximum Gasteiger partial charge on any atom is 0.314 e. The van der Waals surface area contributed by atoms with E-state index in [2.05, 4.69) is 4.98 Å². The number of nitrogen functional groups attached to an aromatic ring is 1. The van der Waals surface area contributed by atoms with Crippen LogP contribution in [0, 0.1) is 5.41 Å². The lowest BCUT2D eigenvalue weighted by molar-refractivity contribution is -0.140. The minimum Gasteiger partial charge on any atom is -0.481 e. The third-order valence-electron chi connectivity index (χ3n) is 5.49. The molecule has 3 aromatic rings. The van der Waals surface area contributed by atoms with Gasteiger partial charge >= 0.3 is 5.97 Å². The Labute approximate surface area is 161 Å². The average Bonchev–Trinajstić information content (AvgIpc) is 3.48. The molecule has 0 bridgehead atoms. The van der Waals surface area contributed by atoms with Crippen LogP contribution in [-0.2, 0) is 23.7 Å². The number of aromatic nitrogens is 2. The largest absolute Gasteiger partial charge is 0.481 e. The number of aryl methyl sites for hydroxylation is 1. The number of amidine groups is 1. The van der Waals surface area contributed by atoms with Crippen molar-refractivity contribution < 1.29 is 9.90 Å². The molecule has 142 valence electrons. The Morgan fingerprint density at radius 1 is 1.25 bits per heavy atom. The van der Waals surface area contributed by atoms with Crippen LogP contribution in [-0.4, -0.2) is 26.5 Å². The van der Waals surface area contributed by atoms with Gasteiger partial charge in [-0.1, -0.05) is 30.3 Å². The zero-order chi connectivity index (χ0) is 20.1. The van der Waals surface area contributed by atoms with Gasteiger partial charge < -0.3 is 15.4 Å². The number of nitrogens with one attached hydrogen (secondary N) is 1. The average molecular weight is 376 g/mol.